The molecule has 0 unspecified atom stereocenters. The van der Waals surface area contributed by atoms with E-state index in [-0.39, 0.29) is 0 Å². The van der Waals surface area contributed by atoms with Gasteiger partial charge in [0.2, 0.25) is 0 Å². The molecule has 13 heavy (non-hydrogen) atoms. The summed E-state index contributed by atoms with van der Waals surface area (Å²) in [6.07, 6.45) is 4.81. The monoisotopic (exact) mass is 184 g/mol. The normalized spacial score (nSPS) is 10.1. The first-order chi connectivity index (χ1) is 6.31. The Morgan fingerprint density at radius 3 is 2.54 bits per heavy atom. The number of nitrogens with zero attached hydrogens (tertiary/aromatic N) is 4. The molecule has 0 aliphatic carbocycles. The Bertz CT molecular complexity index is 152. The van der Waals surface area contributed by atoms with Crippen molar-refractivity contribution in [2.45, 2.75) is 32.6 Å². The lowest BCUT2D eigenvalue weighted by Crippen LogP contribution is -2.21. The first-order valence-corrected chi connectivity index (χ1v) is 5.00. The molecule has 0 aliphatic heterocycles. The van der Waals surface area contributed by atoms with Crippen molar-refractivity contribution in [3.8, 4) is 0 Å². The molecule has 0 spiro atoms. The summed E-state index contributed by atoms with van der Waals surface area (Å²) in [5.74, 6) is 0. The molecule has 4 nitrogen and oxygen atoms in total. The van der Waals surface area contributed by atoms with Gasteiger partial charge in [-0.1, -0.05) is 24.9 Å². The van der Waals surface area contributed by atoms with Crippen LogP contribution in [0.3, 0.4) is 0 Å². The van der Waals surface area contributed by atoms with E-state index in [1.807, 2.05) is 0 Å². The maximum Gasteiger partial charge on any atom is 0.0270 e. The SMILES string of the molecule is CCCCCN(C)CCCN=[N+]=[N-]. The summed E-state index contributed by atoms with van der Waals surface area (Å²) >= 11 is 0. The molecule has 76 valence electrons. The molecule has 4 heteroatoms. The van der Waals surface area contributed by atoms with Gasteiger partial charge < -0.3 is 4.90 Å². The summed E-state index contributed by atoms with van der Waals surface area (Å²) in [5.41, 5.74) is 8.05. The lowest BCUT2D eigenvalue weighted by atomic mass is 10.2. The Balaban J connectivity index is 3.19. The minimum absolute atomic E-state index is 0.620. The predicted molar refractivity (Wildman–Crippen MR) is 55.7 cm³/mol. The van der Waals surface area contributed by atoms with Crippen molar-refractivity contribution >= 4 is 0 Å². The second-order valence-electron chi connectivity index (χ2n) is 3.32. The van der Waals surface area contributed by atoms with Crippen LogP contribution in [0, 0.1) is 0 Å². The van der Waals surface area contributed by atoms with Gasteiger partial charge in [-0.05, 0) is 38.5 Å². The molecule has 0 saturated heterocycles. The van der Waals surface area contributed by atoms with E-state index in [1.165, 1.54) is 19.3 Å². The lowest BCUT2D eigenvalue weighted by Gasteiger charge is -2.15. The fourth-order valence-corrected chi connectivity index (χ4v) is 1.20. The zero-order valence-electron chi connectivity index (χ0n) is 8.74. The first-order valence-electron chi connectivity index (χ1n) is 5.00. The number of hydrogen-bond donors (Lipinski definition) is 0. The highest BCUT2D eigenvalue weighted by atomic mass is 15.1. The van der Waals surface area contributed by atoms with Crippen molar-refractivity contribution in [2.75, 3.05) is 26.7 Å². The van der Waals surface area contributed by atoms with E-state index >= 15 is 0 Å². The van der Waals surface area contributed by atoms with Crippen LogP contribution < -0.4 is 0 Å². The van der Waals surface area contributed by atoms with E-state index in [0.717, 1.165) is 19.5 Å². The Morgan fingerprint density at radius 1 is 1.23 bits per heavy atom. The zero-order chi connectivity index (χ0) is 9.94. The highest BCUT2D eigenvalue weighted by molar-refractivity contribution is 4.54. The van der Waals surface area contributed by atoms with Crippen LogP contribution in [0.15, 0.2) is 5.11 Å². The molecule has 0 bridgehead atoms. The second-order valence-corrected chi connectivity index (χ2v) is 3.32. The zero-order valence-corrected chi connectivity index (χ0v) is 8.74. The van der Waals surface area contributed by atoms with E-state index in [9.17, 15) is 0 Å². The van der Waals surface area contributed by atoms with Gasteiger partial charge in [0.25, 0.3) is 0 Å². The summed E-state index contributed by atoms with van der Waals surface area (Å²) in [5, 5.41) is 3.49. The van der Waals surface area contributed by atoms with Crippen LogP contribution in [0.1, 0.15) is 32.6 Å². The van der Waals surface area contributed by atoms with Crippen molar-refractivity contribution < 1.29 is 0 Å². The average Bonchev–Trinajstić information content (AvgIpc) is 2.13. The van der Waals surface area contributed by atoms with Crippen molar-refractivity contribution in [3.05, 3.63) is 10.4 Å². The van der Waals surface area contributed by atoms with Gasteiger partial charge in [0.1, 0.15) is 0 Å². The molecule has 0 aromatic heterocycles. The highest BCUT2D eigenvalue weighted by Crippen LogP contribution is 1.97. The number of hydrogen-bond acceptors (Lipinski definition) is 2. The number of unbranched alkanes of at least 4 members (excludes halogenated alkanes) is 2. The Hall–Kier alpha value is -0.730. The Labute approximate surface area is 80.6 Å². The molecule has 0 fully saturated rings. The van der Waals surface area contributed by atoms with Crippen LogP contribution >= 0.6 is 0 Å². The molecule has 0 amide bonds. The van der Waals surface area contributed by atoms with E-state index < -0.39 is 0 Å². The van der Waals surface area contributed by atoms with Crippen molar-refractivity contribution in [1.82, 2.24) is 4.90 Å². The van der Waals surface area contributed by atoms with E-state index in [2.05, 4.69) is 28.9 Å². The summed E-state index contributed by atoms with van der Waals surface area (Å²) in [6, 6.07) is 0. The standard InChI is InChI=1S/C9H20N4/c1-3-4-5-8-13(2)9-6-7-11-12-10/h3-9H2,1-2H3. The van der Waals surface area contributed by atoms with Gasteiger partial charge in [-0.3, -0.25) is 0 Å². The largest absolute Gasteiger partial charge is 0.306 e. The fourth-order valence-electron chi connectivity index (χ4n) is 1.20. The lowest BCUT2D eigenvalue weighted by molar-refractivity contribution is 0.323. The minimum atomic E-state index is 0.620. The summed E-state index contributed by atoms with van der Waals surface area (Å²) in [7, 11) is 2.12. The maximum absolute atomic E-state index is 8.05. The van der Waals surface area contributed by atoms with E-state index in [1.54, 1.807) is 0 Å². The van der Waals surface area contributed by atoms with Crippen LogP contribution in [0.5, 0.6) is 0 Å². The minimum Gasteiger partial charge on any atom is -0.306 e. The molecule has 0 atom stereocenters. The van der Waals surface area contributed by atoms with Gasteiger partial charge >= 0.3 is 0 Å². The molecule has 0 aliphatic rings. The summed E-state index contributed by atoms with van der Waals surface area (Å²) in [6.45, 7) is 5.02. The first kappa shape index (κ1) is 12.3. The fraction of sp³-hybridized carbons (Fsp3) is 1.00. The molecule has 0 heterocycles. The molecular formula is C9H20N4. The van der Waals surface area contributed by atoms with Crippen molar-refractivity contribution in [3.63, 3.8) is 0 Å². The topological polar surface area (TPSA) is 52.0 Å². The molecule has 0 rings (SSSR count). The molecule has 0 aromatic rings. The van der Waals surface area contributed by atoms with Gasteiger partial charge in [0.15, 0.2) is 0 Å². The van der Waals surface area contributed by atoms with E-state index in [4.69, 9.17) is 5.53 Å². The third-order valence-corrected chi connectivity index (χ3v) is 2.00. The Kier molecular flexibility index (Phi) is 8.83. The van der Waals surface area contributed by atoms with Crippen LogP contribution in [0.25, 0.3) is 10.4 Å². The molecule has 0 radical (unpaired) electrons. The number of rotatable bonds is 8. The maximum atomic E-state index is 8.05. The smallest absolute Gasteiger partial charge is 0.0270 e. The van der Waals surface area contributed by atoms with Crippen molar-refractivity contribution in [1.29, 1.82) is 0 Å². The van der Waals surface area contributed by atoms with Gasteiger partial charge in [-0.2, -0.15) is 0 Å². The van der Waals surface area contributed by atoms with Crippen molar-refractivity contribution in [2.24, 2.45) is 5.11 Å². The second kappa shape index (κ2) is 9.36. The highest BCUT2D eigenvalue weighted by Gasteiger charge is 1.96. The molecule has 0 N–H and O–H groups in total. The van der Waals surface area contributed by atoms with Crippen LogP contribution in [0.4, 0.5) is 0 Å². The summed E-state index contributed by atoms with van der Waals surface area (Å²) in [4.78, 5) is 5.01. The van der Waals surface area contributed by atoms with Gasteiger partial charge in [-0.25, -0.2) is 0 Å². The van der Waals surface area contributed by atoms with Crippen LogP contribution in [-0.4, -0.2) is 31.6 Å². The number of azide groups is 1. The Morgan fingerprint density at radius 2 is 1.92 bits per heavy atom. The van der Waals surface area contributed by atoms with Gasteiger partial charge in [0, 0.05) is 11.5 Å². The molecular weight excluding hydrogens is 164 g/mol. The average molecular weight is 184 g/mol. The third-order valence-electron chi connectivity index (χ3n) is 2.00. The van der Waals surface area contributed by atoms with Gasteiger partial charge in [0.05, 0.1) is 0 Å². The predicted octanol–water partition coefficient (Wildman–Crippen LogP) is 2.81. The van der Waals surface area contributed by atoms with E-state index in [0.29, 0.717) is 6.54 Å². The third kappa shape index (κ3) is 9.18. The quantitative estimate of drug-likeness (QED) is 0.248. The van der Waals surface area contributed by atoms with Crippen LogP contribution in [0.2, 0.25) is 0 Å². The molecule has 0 saturated carbocycles. The van der Waals surface area contributed by atoms with Crippen LogP contribution in [-0.2, 0) is 0 Å². The summed E-state index contributed by atoms with van der Waals surface area (Å²) < 4.78 is 0. The van der Waals surface area contributed by atoms with Gasteiger partial charge in [-0.15, -0.1) is 0 Å². The molecule has 0 aromatic carbocycles.